The van der Waals surface area contributed by atoms with Crippen LogP contribution >= 0.6 is 0 Å². The smallest absolute Gasteiger partial charge is 0.250 e. The van der Waals surface area contributed by atoms with Crippen molar-refractivity contribution in [3.8, 4) is 17.5 Å². The maximum Gasteiger partial charge on any atom is 0.250 e. The van der Waals surface area contributed by atoms with Crippen LogP contribution in [-0.4, -0.2) is 26.4 Å². The van der Waals surface area contributed by atoms with Crippen LogP contribution in [0.5, 0.6) is 17.5 Å². The molecule has 102 valence electrons. The third-order valence-electron chi connectivity index (χ3n) is 2.73. The Balaban J connectivity index is 2.36. The molecule has 0 saturated heterocycles. The van der Waals surface area contributed by atoms with Crippen molar-refractivity contribution in [2.75, 3.05) is 12.3 Å². The number of hydrogen-bond acceptors (Lipinski definition) is 6. The molecule has 0 bridgehead atoms. The van der Waals surface area contributed by atoms with Crippen LogP contribution in [0.3, 0.4) is 0 Å². The van der Waals surface area contributed by atoms with Gasteiger partial charge in [-0.05, 0) is 20.8 Å². The predicted octanol–water partition coefficient (Wildman–Crippen LogP) is 1.60. The van der Waals surface area contributed by atoms with Crippen molar-refractivity contribution < 1.29 is 9.47 Å². The van der Waals surface area contributed by atoms with Crippen LogP contribution < -0.4 is 15.2 Å². The molecule has 7 nitrogen and oxygen atoms in total. The average molecular weight is 263 g/mol. The second kappa shape index (κ2) is 5.13. The van der Waals surface area contributed by atoms with Crippen molar-refractivity contribution in [1.29, 1.82) is 0 Å². The fraction of sp³-hybridized carbons (Fsp3) is 0.417. The lowest BCUT2D eigenvalue weighted by Gasteiger charge is -2.10. The Kier molecular flexibility index (Phi) is 3.55. The predicted molar refractivity (Wildman–Crippen MR) is 70.4 cm³/mol. The van der Waals surface area contributed by atoms with Gasteiger partial charge in [-0.3, -0.25) is 4.68 Å². The lowest BCUT2D eigenvalue weighted by molar-refractivity contribution is 0.325. The summed E-state index contributed by atoms with van der Waals surface area (Å²) >= 11 is 0. The quantitative estimate of drug-likeness (QED) is 0.901. The number of nitrogen functional groups attached to an aromatic ring is 1. The highest BCUT2D eigenvalue weighted by atomic mass is 16.5. The Morgan fingerprint density at radius 1 is 1.26 bits per heavy atom. The average Bonchev–Trinajstić information content (AvgIpc) is 2.61. The van der Waals surface area contributed by atoms with E-state index >= 15 is 0 Å². The van der Waals surface area contributed by atoms with Crippen LogP contribution in [0.1, 0.15) is 18.3 Å². The Hall–Kier alpha value is -2.31. The van der Waals surface area contributed by atoms with E-state index in [1.165, 1.54) is 6.33 Å². The molecule has 0 aliphatic heterocycles. The first-order chi connectivity index (χ1) is 9.04. The standard InChI is InChI=1S/C12H17N5O2/c1-5-18-11-9(13)12(15-6-14-11)19-10-7(2)16-17(4)8(10)3/h6H,5,13H2,1-4H3. The molecule has 0 radical (unpaired) electrons. The Morgan fingerprint density at radius 3 is 2.53 bits per heavy atom. The highest BCUT2D eigenvalue weighted by Crippen LogP contribution is 2.33. The first-order valence-electron chi connectivity index (χ1n) is 5.95. The number of hydrogen-bond donors (Lipinski definition) is 1. The Morgan fingerprint density at radius 2 is 1.95 bits per heavy atom. The summed E-state index contributed by atoms with van der Waals surface area (Å²) in [6.07, 6.45) is 1.36. The molecule has 2 N–H and O–H groups in total. The maximum absolute atomic E-state index is 5.92. The molecular formula is C12H17N5O2. The van der Waals surface area contributed by atoms with Crippen LogP contribution in [0.25, 0.3) is 0 Å². The van der Waals surface area contributed by atoms with E-state index in [1.807, 2.05) is 27.8 Å². The number of rotatable bonds is 4. The number of nitrogens with two attached hydrogens (primary N) is 1. The number of nitrogens with zero attached hydrogens (tertiary/aromatic N) is 4. The van der Waals surface area contributed by atoms with Crippen LogP contribution in [-0.2, 0) is 7.05 Å². The van der Waals surface area contributed by atoms with Gasteiger partial charge in [0.25, 0.3) is 0 Å². The molecular weight excluding hydrogens is 246 g/mol. The summed E-state index contributed by atoms with van der Waals surface area (Å²) in [6, 6.07) is 0. The summed E-state index contributed by atoms with van der Waals surface area (Å²) in [6.45, 7) is 6.11. The number of ether oxygens (including phenoxy) is 2. The van der Waals surface area contributed by atoms with Gasteiger partial charge in [0.1, 0.15) is 12.0 Å². The molecule has 2 aromatic heterocycles. The van der Waals surface area contributed by atoms with E-state index in [2.05, 4.69) is 15.1 Å². The zero-order chi connectivity index (χ0) is 14.0. The number of aromatic nitrogens is 4. The topological polar surface area (TPSA) is 88.1 Å². The minimum atomic E-state index is 0.276. The first kappa shape index (κ1) is 13.1. The van der Waals surface area contributed by atoms with Crippen LogP contribution in [0.2, 0.25) is 0 Å². The second-order valence-electron chi connectivity index (χ2n) is 4.06. The van der Waals surface area contributed by atoms with E-state index in [4.69, 9.17) is 15.2 Å². The monoisotopic (exact) mass is 263 g/mol. The number of anilines is 1. The molecule has 0 aliphatic rings. The summed E-state index contributed by atoms with van der Waals surface area (Å²) < 4.78 is 12.8. The molecule has 2 heterocycles. The summed E-state index contributed by atoms with van der Waals surface area (Å²) in [5.74, 6) is 1.25. The molecule has 0 fully saturated rings. The van der Waals surface area contributed by atoms with E-state index in [0.29, 0.717) is 18.2 Å². The zero-order valence-corrected chi connectivity index (χ0v) is 11.5. The molecule has 0 aliphatic carbocycles. The Labute approximate surface area is 111 Å². The molecule has 0 aromatic carbocycles. The van der Waals surface area contributed by atoms with Gasteiger partial charge < -0.3 is 15.2 Å². The van der Waals surface area contributed by atoms with Gasteiger partial charge in [-0.15, -0.1) is 0 Å². The van der Waals surface area contributed by atoms with Crippen LogP contribution in [0.4, 0.5) is 5.69 Å². The number of aryl methyl sites for hydroxylation is 2. The molecule has 0 amide bonds. The maximum atomic E-state index is 5.92. The summed E-state index contributed by atoms with van der Waals surface area (Å²) in [7, 11) is 1.85. The van der Waals surface area contributed by atoms with Gasteiger partial charge in [0.15, 0.2) is 11.4 Å². The van der Waals surface area contributed by atoms with Gasteiger partial charge in [0.05, 0.1) is 12.3 Å². The Bertz CT molecular complexity index is 594. The zero-order valence-electron chi connectivity index (χ0n) is 11.5. The molecule has 2 aromatic rings. The molecule has 0 unspecified atom stereocenters. The first-order valence-corrected chi connectivity index (χ1v) is 5.95. The fourth-order valence-corrected chi connectivity index (χ4v) is 1.70. The van der Waals surface area contributed by atoms with Crippen molar-refractivity contribution in [1.82, 2.24) is 19.7 Å². The molecule has 19 heavy (non-hydrogen) atoms. The van der Waals surface area contributed by atoms with Crippen LogP contribution in [0, 0.1) is 13.8 Å². The van der Waals surface area contributed by atoms with Gasteiger partial charge in [0.2, 0.25) is 11.8 Å². The highest BCUT2D eigenvalue weighted by molar-refractivity contribution is 5.57. The SMILES string of the molecule is CCOc1ncnc(Oc2c(C)nn(C)c2C)c1N. The van der Waals surface area contributed by atoms with Gasteiger partial charge >= 0.3 is 0 Å². The molecule has 2 rings (SSSR count). The summed E-state index contributed by atoms with van der Waals surface area (Å²) in [5.41, 5.74) is 7.88. The molecule has 0 saturated carbocycles. The lowest BCUT2D eigenvalue weighted by Crippen LogP contribution is -2.03. The van der Waals surface area contributed by atoms with Crippen molar-refractivity contribution in [2.45, 2.75) is 20.8 Å². The normalized spacial score (nSPS) is 10.5. The third kappa shape index (κ3) is 2.44. The molecule has 0 atom stereocenters. The van der Waals surface area contributed by atoms with Gasteiger partial charge in [-0.2, -0.15) is 15.1 Å². The summed E-state index contributed by atoms with van der Waals surface area (Å²) in [5, 5.41) is 4.27. The minimum absolute atomic E-state index is 0.276. The largest absolute Gasteiger partial charge is 0.476 e. The van der Waals surface area contributed by atoms with Crippen molar-refractivity contribution >= 4 is 5.69 Å². The minimum Gasteiger partial charge on any atom is -0.476 e. The van der Waals surface area contributed by atoms with Gasteiger partial charge in [0, 0.05) is 7.05 Å². The van der Waals surface area contributed by atoms with Crippen molar-refractivity contribution in [3.63, 3.8) is 0 Å². The van der Waals surface area contributed by atoms with Crippen molar-refractivity contribution in [3.05, 3.63) is 17.7 Å². The van der Waals surface area contributed by atoms with E-state index < -0.39 is 0 Å². The van der Waals surface area contributed by atoms with Gasteiger partial charge in [-0.1, -0.05) is 0 Å². The van der Waals surface area contributed by atoms with E-state index in [1.54, 1.807) is 4.68 Å². The highest BCUT2D eigenvalue weighted by Gasteiger charge is 2.16. The van der Waals surface area contributed by atoms with E-state index in [0.717, 1.165) is 11.4 Å². The van der Waals surface area contributed by atoms with Crippen LogP contribution in [0.15, 0.2) is 6.33 Å². The fourth-order valence-electron chi connectivity index (χ4n) is 1.70. The third-order valence-corrected chi connectivity index (χ3v) is 2.73. The van der Waals surface area contributed by atoms with E-state index in [-0.39, 0.29) is 11.6 Å². The molecule has 7 heteroatoms. The summed E-state index contributed by atoms with van der Waals surface area (Å²) in [4.78, 5) is 7.99. The van der Waals surface area contributed by atoms with Gasteiger partial charge in [-0.25, -0.2) is 0 Å². The lowest BCUT2D eigenvalue weighted by atomic mass is 10.3. The van der Waals surface area contributed by atoms with Crippen molar-refractivity contribution in [2.24, 2.45) is 7.05 Å². The van der Waals surface area contributed by atoms with E-state index in [9.17, 15) is 0 Å². The molecule has 0 spiro atoms. The second-order valence-corrected chi connectivity index (χ2v) is 4.06.